The summed E-state index contributed by atoms with van der Waals surface area (Å²) in [6, 6.07) is 15.7. The van der Waals surface area contributed by atoms with Crippen molar-refractivity contribution in [1.29, 1.82) is 0 Å². The quantitative estimate of drug-likeness (QED) is 0.0484. The van der Waals surface area contributed by atoms with Crippen molar-refractivity contribution in [2.24, 2.45) is 22.9 Å². The van der Waals surface area contributed by atoms with E-state index in [0.717, 1.165) is 55.9 Å². The van der Waals surface area contributed by atoms with Crippen LogP contribution in [0, 0.1) is 23.6 Å². The average Bonchev–Trinajstić information content (AvgIpc) is 3.31. The highest BCUT2D eigenvalue weighted by Gasteiger charge is 2.65. The summed E-state index contributed by atoms with van der Waals surface area (Å²) in [6.07, 6.45) is 10.4. The van der Waals surface area contributed by atoms with E-state index < -0.39 is 35.9 Å². The molecule has 0 radical (unpaired) electrons. The predicted molar refractivity (Wildman–Crippen MR) is 232 cm³/mol. The number of oxime groups is 1. The van der Waals surface area contributed by atoms with E-state index in [1.54, 1.807) is 47.4 Å². The zero-order valence-corrected chi connectivity index (χ0v) is 36.1. The molecule has 338 valence electrons. The Balaban J connectivity index is 1.44. The van der Waals surface area contributed by atoms with Gasteiger partial charge in [-0.25, -0.2) is 9.18 Å². The lowest BCUT2D eigenvalue weighted by Gasteiger charge is -2.59. The summed E-state index contributed by atoms with van der Waals surface area (Å²) in [5.41, 5.74) is 3.32. The van der Waals surface area contributed by atoms with Crippen molar-refractivity contribution in [3.05, 3.63) is 107 Å². The van der Waals surface area contributed by atoms with E-state index in [9.17, 15) is 24.2 Å². The Labute approximate surface area is 368 Å². The number of unbranched alkanes of at least 4 members (excludes halogenated alkanes) is 2. The Morgan fingerprint density at radius 2 is 1.76 bits per heavy atom. The van der Waals surface area contributed by atoms with Crippen molar-refractivity contribution in [3.8, 4) is 23.0 Å². The summed E-state index contributed by atoms with van der Waals surface area (Å²) >= 11 is 0. The number of rotatable bonds is 20. The van der Waals surface area contributed by atoms with E-state index in [2.05, 4.69) is 12.7 Å². The van der Waals surface area contributed by atoms with Crippen LogP contribution in [-0.4, -0.2) is 92.0 Å². The minimum absolute atomic E-state index is 0.000495. The van der Waals surface area contributed by atoms with Crippen molar-refractivity contribution in [2.75, 3.05) is 40.6 Å². The Bertz CT molecular complexity index is 2100. The van der Waals surface area contributed by atoms with Gasteiger partial charge in [0.15, 0.2) is 6.29 Å². The van der Waals surface area contributed by atoms with Crippen LogP contribution >= 0.6 is 0 Å². The summed E-state index contributed by atoms with van der Waals surface area (Å²) in [4.78, 5) is 34.0. The van der Waals surface area contributed by atoms with Gasteiger partial charge in [0.2, 0.25) is 12.1 Å². The van der Waals surface area contributed by atoms with Crippen LogP contribution in [0.1, 0.15) is 91.6 Å². The van der Waals surface area contributed by atoms with Crippen LogP contribution in [0.2, 0.25) is 0 Å². The lowest BCUT2D eigenvalue weighted by molar-refractivity contribution is -0.256. The number of aldehydes is 1. The molecule has 1 amide bonds. The number of halogens is 1. The molecule has 1 saturated carbocycles. The molecule has 3 aromatic rings. The van der Waals surface area contributed by atoms with E-state index in [0.29, 0.717) is 65.7 Å². The van der Waals surface area contributed by atoms with Gasteiger partial charge in [-0.05, 0) is 110 Å². The summed E-state index contributed by atoms with van der Waals surface area (Å²) in [6.45, 7) is 4.77. The minimum Gasteiger partial charge on any atom is -0.496 e. The molecule has 0 aromatic heterocycles. The fraction of sp³-hybridized carbons (Fsp3) is 0.490. The standard InChI is InChI=1S/C49H59FN2O11/c1-4-24-60-49-44(52(48(56)58-3)30-32-14-16-35(50)17-15-32)29-41(51-63-45-13-7-10-25-59-45)39-27-33(11-5-8-22-53)38(12-6-9-23-54)46(47(39)49)40-28-37(19-21-43(40)62-49)61-36-18-20-42(57-2)34(26-36)31-55/h4,14-21,26-28,31,33,38,44-47,53-54H,1,5-13,22-25,29-30H2,2-3H3. The molecule has 0 spiro atoms. The molecule has 3 aromatic carbocycles. The van der Waals surface area contributed by atoms with Crippen LogP contribution in [0.25, 0.3) is 0 Å². The van der Waals surface area contributed by atoms with Crippen molar-refractivity contribution >= 4 is 18.1 Å². The largest absolute Gasteiger partial charge is 0.496 e. The molecule has 1 saturated heterocycles. The van der Waals surface area contributed by atoms with Gasteiger partial charge in [-0.3, -0.25) is 9.69 Å². The number of aliphatic hydroxyl groups is 2. The number of hydrogen-bond donors (Lipinski definition) is 2. The third-order valence-corrected chi connectivity index (χ3v) is 12.7. The van der Waals surface area contributed by atoms with Crippen LogP contribution < -0.4 is 14.2 Å². The second kappa shape index (κ2) is 21.4. The van der Waals surface area contributed by atoms with Gasteiger partial charge in [0, 0.05) is 44.1 Å². The van der Waals surface area contributed by atoms with E-state index in [1.165, 1.54) is 26.4 Å². The second-order valence-corrected chi connectivity index (χ2v) is 16.5. The van der Waals surface area contributed by atoms with Crippen LogP contribution in [0.4, 0.5) is 9.18 Å². The zero-order chi connectivity index (χ0) is 44.3. The predicted octanol–water partition coefficient (Wildman–Crippen LogP) is 8.87. The normalized spacial score (nSPS) is 25.4. The lowest BCUT2D eigenvalue weighted by Crippen LogP contribution is -2.70. The maximum atomic E-state index is 14.2. The Hall–Kier alpha value is -5.28. The fourth-order valence-electron chi connectivity index (χ4n) is 9.84. The van der Waals surface area contributed by atoms with Crippen molar-refractivity contribution in [3.63, 3.8) is 0 Å². The molecule has 2 N–H and O–H groups in total. The van der Waals surface area contributed by atoms with Crippen molar-refractivity contribution in [1.82, 2.24) is 4.90 Å². The molecule has 2 aliphatic heterocycles. The fourth-order valence-corrected chi connectivity index (χ4v) is 9.84. The van der Waals surface area contributed by atoms with Gasteiger partial charge < -0.3 is 43.5 Å². The van der Waals surface area contributed by atoms with Crippen molar-refractivity contribution in [2.45, 2.75) is 94.8 Å². The van der Waals surface area contributed by atoms with Crippen molar-refractivity contribution < 1.29 is 57.5 Å². The SMILES string of the molecule is C=CCOC12Oc3ccc(Oc4ccc(OC)c(C=O)c4)cc3C3C(CCCCO)C(CCCCO)C=C(C(=NOC4CCCCO4)CC1N(Cc1ccc(F)cc1)C(=O)OC)C32. The van der Waals surface area contributed by atoms with E-state index in [4.69, 9.17) is 38.4 Å². The van der Waals surface area contributed by atoms with E-state index in [1.807, 2.05) is 12.1 Å². The van der Waals surface area contributed by atoms with E-state index >= 15 is 0 Å². The maximum Gasteiger partial charge on any atom is 0.410 e. The topological polar surface area (TPSA) is 155 Å². The molecule has 13 nitrogen and oxygen atoms in total. The number of allylic oxidation sites excluding steroid dienone is 1. The number of ether oxygens (including phenoxy) is 6. The Morgan fingerprint density at radius 1 is 1.00 bits per heavy atom. The highest BCUT2D eigenvalue weighted by Crippen LogP contribution is 2.62. The lowest BCUT2D eigenvalue weighted by atomic mass is 9.55. The number of benzene rings is 3. The van der Waals surface area contributed by atoms with Crippen LogP contribution in [-0.2, 0) is 25.6 Å². The molecule has 0 bridgehead atoms. The molecular weight excluding hydrogens is 812 g/mol. The molecule has 2 heterocycles. The number of methoxy groups -OCH3 is 2. The number of fused-ring (bicyclic) bond motifs is 2. The van der Waals surface area contributed by atoms with Crippen LogP contribution in [0.3, 0.4) is 0 Å². The highest BCUT2D eigenvalue weighted by molar-refractivity contribution is 6.03. The molecule has 14 heteroatoms. The minimum atomic E-state index is -1.55. The molecule has 7 rings (SSSR count). The number of carbonyl (C=O) groups is 2. The molecule has 63 heavy (non-hydrogen) atoms. The van der Waals surface area contributed by atoms with E-state index in [-0.39, 0.29) is 50.5 Å². The smallest absolute Gasteiger partial charge is 0.410 e. The Morgan fingerprint density at radius 3 is 2.46 bits per heavy atom. The average molecular weight is 871 g/mol. The molecule has 7 unspecified atom stereocenters. The molecule has 2 aliphatic carbocycles. The highest BCUT2D eigenvalue weighted by atomic mass is 19.1. The zero-order valence-electron chi connectivity index (χ0n) is 36.1. The monoisotopic (exact) mass is 870 g/mol. The number of amides is 1. The third kappa shape index (κ3) is 10.1. The molecular formula is C49H59FN2O11. The van der Waals surface area contributed by atoms with Gasteiger partial charge in [0.1, 0.15) is 34.9 Å². The first-order valence-electron chi connectivity index (χ1n) is 22.0. The van der Waals surface area contributed by atoms with Gasteiger partial charge in [-0.2, -0.15) is 0 Å². The molecule has 4 aliphatic rings. The van der Waals surface area contributed by atoms with Gasteiger partial charge in [-0.15, -0.1) is 6.58 Å². The van der Waals surface area contributed by atoms with Gasteiger partial charge in [0.05, 0.1) is 44.6 Å². The first kappa shape index (κ1) is 45.7. The summed E-state index contributed by atoms with van der Waals surface area (Å²) in [5, 5.41) is 24.8. The number of aliphatic hydroxyl groups excluding tert-OH is 2. The maximum absolute atomic E-state index is 14.2. The van der Waals surface area contributed by atoms with Crippen LogP contribution in [0.5, 0.6) is 23.0 Å². The third-order valence-electron chi connectivity index (χ3n) is 12.7. The van der Waals surface area contributed by atoms with Crippen LogP contribution in [0.15, 0.2) is 90.1 Å². The van der Waals surface area contributed by atoms with Gasteiger partial charge in [0.25, 0.3) is 0 Å². The Kier molecular flexibility index (Phi) is 15.5. The number of carbonyl (C=O) groups excluding carboxylic acids is 2. The number of nitrogens with zero attached hydrogens (tertiary/aromatic N) is 2. The number of hydrogen-bond acceptors (Lipinski definition) is 12. The van der Waals surface area contributed by atoms with Gasteiger partial charge >= 0.3 is 6.09 Å². The summed E-state index contributed by atoms with van der Waals surface area (Å²) in [7, 11) is 2.82. The first-order valence-corrected chi connectivity index (χ1v) is 22.0. The molecule has 7 atom stereocenters. The molecule has 2 fully saturated rings. The summed E-state index contributed by atoms with van der Waals surface area (Å²) in [5.74, 6) is -1.01. The summed E-state index contributed by atoms with van der Waals surface area (Å²) < 4.78 is 51.8. The first-order chi connectivity index (χ1) is 30.8. The van der Waals surface area contributed by atoms with Gasteiger partial charge in [-0.1, -0.05) is 42.3 Å². The second-order valence-electron chi connectivity index (χ2n) is 16.5.